The van der Waals surface area contributed by atoms with Crippen LogP contribution < -0.4 is 15.2 Å². The summed E-state index contributed by atoms with van der Waals surface area (Å²) in [6, 6.07) is 5.38. The minimum atomic E-state index is -0.667. The van der Waals surface area contributed by atoms with E-state index in [1.54, 1.807) is 20.3 Å². The summed E-state index contributed by atoms with van der Waals surface area (Å²) in [4.78, 5) is 0. The molecule has 0 aliphatic rings. The summed E-state index contributed by atoms with van der Waals surface area (Å²) < 4.78 is 10.6. The smallest absolute Gasteiger partial charge is 0.166 e. The Morgan fingerprint density at radius 2 is 1.84 bits per heavy atom. The second kappa shape index (κ2) is 6.26. The molecular weight excluding hydrogens is 242 g/mol. The van der Waals surface area contributed by atoms with Gasteiger partial charge in [0.2, 0.25) is 0 Å². The van der Waals surface area contributed by atoms with Crippen molar-refractivity contribution in [1.29, 1.82) is 0 Å². The zero-order chi connectivity index (χ0) is 14.6. The van der Waals surface area contributed by atoms with Crippen LogP contribution in [0.25, 0.3) is 0 Å². The lowest BCUT2D eigenvalue weighted by atomic mass is 9.83. The molecule has 1 aromatic rings. The Morgan fingerprint density at radius 1 is 1.21 bits per heavy atom. The van der Waals surface area contributed by atoms with Crippen LogP contribution >= 0.6 is 0 Å². The molecule has 0 unspecified atom stereocenters. The topological polar surface area (TPSA) is 64.7 Å². The zero-order valence-electron chi connectivity index (χ0n) is 12.4. The van der Waals surface area contributed by atoms with Crippen molar-refractivity contribution in [2.75, 3.05) is 14.2 Å². The first kappa shape index (κ1) is 15.8. The van der Waals surface area contributed by atoms with Crippen molar-refractivity contribution in [1.82, 2.24) is 0 Å². The highest BCUT2D eigenvalue weighted by atomic mass is 16.5. The molecule has 1 aromatic carbocycles. The third kappa shape index (κ3) is 3.85. The third-order valence-corrected chi connectivity index (χ3v) is 3.38. The summed E-state index contributed by atoms with van der Waals surface area (Å²) in [6.45, 7) is 6.19. The molecular formula is C15H25NO3. The molecule has 2 atom stereocenters. The molecule has 0 amide bonds. The second-order valence-electron chi connectivity index (χ2n) is 5.81. The van der Waals surface area contributed by atoms with Crippen LogP contribution in [0.1, 0.15) is 38.9 Å². The molecule has 1 rings (SSSR count). The van der Waals surface area contributed by atoms with Gasteiger partial charge in [0.15, 0.2) is 11.5 Å². The van der Waals surface area contributed by atoms with Gasteiger partial charge in [-0.1, -0.05) is 32.9 Å². The predicted octanol–water partition coefficient (Wildman–Crippen LogP) is 2.50. The summed E-state index contributed by atoms with van der Waals surface area (Å²) >= 11 is 0. The molecule has 19 heavy (non-hydrogen) atoms. The largest absolute Gasteiger partial charge is 0.493 e. The van der Waals surface area contributed by atoms with Crippen LogP contribution in [0.2, 0.25) is 0 Å². The molecule has 0 aliphatic carbocycles. The maximum atomic E-state index is 10.4. The Balaban J connectivity index is 2.97. The Labute approximate surface area is 115 Å². The summed E-state index contributed by atoms with van der Waals surface area (Å²) in [7, 11) is 3.15. The van der Waals surface area contributed by atoms with E-state index >= 15 is 0 Å². The number of rotatable bonds is 5. The molecule has 0 bridgehead atoms. The van der Waals surface area contributed by atoms with Crippen LogP contribution in [0.3, 0.4) is 0 Å². The first-order valence-electron chi connectivity index (χ1n) is 6.45. The van der Waals surface area contributed by atoms with Crippen LogP contribution in [-0.2, 0) is 0 Å². The van der Waals surface area contributed by atoms with Gasteiger partial charge in [0.25, 0.3) is 0 Å². The number of ether oxygens (including phenoxy) is 2. The molecule has 0 saturated carbocycles. The number of aliphatic hydroxyl groups is 1. The maximum absolute atomic E-state index is 10.4. The van der Waals surface area contributed by atoms with Crippen LogP contribution in [0.4, 0.5) is 0 Å². The highest BCUT2D eigenvalue weighted by Gasteiger charge is 2.26. The lowest BCUT2D eigenvalue weighted by molar-refractivity contribution is 0.130. The van der Waals surface area contributed by atoms with Crippen LogP contribution in [0, 0.1) is 5.41 Å². The lowest BCUT2D eigenvalue weighted by Gasteiger charge is -2.29. The van der Waals surface area contributed by atoms with E-state index in [4.69, 9.17) is 15.2 Å². The van der Waals surface area contributed by atoms with E-state index in [0.29, 0.717) is 23.5 Å². The summed E-state index contributed by atoms with van der Waals surface area (Å²) in [6.07, 6.45) is -0.188. The first-order chi connectivity index (χ1) is 8.81. The SMILES string of the molecule is COc1cccc([C@H](O)C[C@H](N)C(C)(C)C)c1OC. The average Bonchev–Trinajstić information content (AvgIpc) is 2.36. The fraction of sp³-hybridized carbons (Fsp3) is 0.600. The highest BCUT2D eigenvalue weighted by Crippen LogP contribution is 2.37. The molecule has 3 N–H and O–H groups in total. The quantitative estimate of drug-likeness (QED) is 0.860. The molecule has 0 saturated heterocycles. The number of hydrogen-bond donors (Lipinski definition) is 2. The molecule has 0 fully saturated rings. The Hall–Kier alpha value is -1.26. The van der Waals surface area contributed by atoms with Crippen LogP contribution in [-0.4, -0.2) is 25.4 Å². The van der Waals surface area contributed by atoms with Gasteiger partial charge >= 0.3 is 0 Å². The van der Waals surface area contributed by atoms with Gasteiger partial charge in [-0.05, 0) is 17.9 Å². The van der Waals surface area contributed by atoms with E-state index in [1.807, 2.05) is 12.1 Å². The van der Waals surface area contributed by atoms with Crippen molar-refractivity contribution < 1.29 is 14.6 Å². The molecule has 0 heterocycles. The van der Waals surface area contributed by atoms with E-state index < -0.39 is 6.10 Å². The number of aliphatic hydroxyl groups excluding tert-OH is 1. The molecule has 4 heteroatoms. The third-order valence-electron chi connectivity index (χ3n) is 3.38. The first-order valence-corrected chi connectivity index (χ1v) is 6.45. The monoisotopic (exact) mass is 267 g/mol. The van der Waals surface area contributed by atoms with Crippen LogP contribution in [0.5, 0.6) is 11.5 Å². The maximum Gasteiger partial charge on any atom is 0.166 e. The summed E-state index contributed by atoms with van der Waals surface area (Å²) in [5.41, 5.74) is 6.78. The Bertz CT molecular complexity index is 412. The number of hydrogen-bond acceptors (Lipinski definition) is 4. The average molecular weight is 267 g/mol. The van der Waals surface area contributed by atoms with Gasteiger partial charge in [-0.15, -0.1) is 0 Å². The van der Waals surface area contributed by atoms with E-state index in [-0.39, 0.29) is 11.5 Å². The minimum Gasteiger partial charge on any atom is -0.493 e. The number of methoxy groups -OCH3 is 2. The number of para-hydroxylation sites is 1. The summed E-state index contributed by atoms with van der Waals surface area (Å²) in [5, 5.41) is 10.4. The van der Waals surface area contributed by atoms with Gasteiger partial charge in [-0.2, -0.15) is 0 Å². The van der Waals surface area contributed by atoms with E-state index in [0.717, 1.165) is 0 Å². The normalized spacial score (nSPS) is 14.9. The fourth-order valence-electron chi connectivity index (χ4n) is 1.90. The van der Waals surface area contributed by atoms with E-state index in [9.17, 15) is 5.11 Å². The van der Waals surface area contributed by atoms with Gasteiger partial charge in [0.1, 0.15) is 0 Å². The number of nitrogens with two attached hydrogens (primary N) is 1. The highest BCUT2D eigenvalue weighted by molar-refractivity contribution is 5.47. The zero-order valence-corrected chi connectivity index (χ0v) is 12.4. The van der Waals surface area contributed by atoms with Gasteiger partial charge < -0.3 is 20.3 Å². The lowest BCUT2D eigenvalue weighted by Crippen LogP contribution is -2.36. The second-order valence-corrected chi connectivity index (χ2v) is 5.81. The molecule has 0 radical (unpaired) electrons. The van der Waals surface area contributed by atoms with Crippen molar-refractivity contribution in [2.24, 2.45) is 11.1 Å². The number of benzene rings is 1. The van der Waals surface area contributed by atoms with Gasteiger partial charge in [0.05, 0.1) is 20.3 Å². The summed E-state index contributed by atoms with van der Waals surface area (Å²) in [5.74, 6) is 1.18. The van der Waals surface area contributed by atoms with Crippen molar-refractivity contribution in [3.8, 4) is 11.5 Å². The predicted molar refractivity (Wildman–Crippen MR) is 76.6 cm³/mol. The molecule has 0 aromatic heterocycles. The van der Waals surface area contributed by atoms with Gasteiger partial charge in [0, 0.05) is 11.6 Å². The molecule has 108 valence electrons. The van der Waals surface area contributed by atoms with Gasteiger partial charge in [-0.25, -0.2) is 0 Å². The van der Waals surface area contributed by atoms with E-state index in [2.05, 4.69) is 20.8 Å². The van der Waals surface area contributed by atoms with Gasteiger partial charge in [-0.3, -0.25) is 0 Å². The minimum absolute atomic E-state index is 0.0485. The van der Waals surface area contributed by atoms with E-state index in [1.165, 1.54) is 0 Å². The molecule has 4 nitrogen and oxygen atoms in total. The van der Waals surface area contributed by atoms with Crippen molar-refractivity contribution in [3.05, 3.63) is 23.8 Å². The molecule has 0 spiro atoms. The van der Waals surface area contributed by atoms with Crippen LogP contribution in [0.15, 0.2) is 18.2 Å². The van der Waals surface area contributed by atoms with Crippen molar-refractivity contribution >= 4 is 0 Å². The molecule has 0 aliphatic heterocycles. The van der Waals surface area contributed by atoms with Crippen molar-refractivity contribution in [3.63, 3.8) is 0 Å². The fourth-order valence-corrected chi connectivity index (χ4v) is 1.90. The van der Waals surface area contributed by atoms with Crippen molar-refractivity contribution in [2.45, 2.75) is 39.3 Å². The Morgan fingerprint density at radius 3 is 2.32 bits per heavy atom. The Kier molecular flexibility index (Phi) is 5.20. The standard InChI is InChI=1S/C15H25NO3/c1-15(2,3)13(16)9-11(17)10-7-6-8-12(18-4)14(10)19-5/h6-8,11,13,17H,9,16H2,1-5H3/t11-,13+/m1/s1.